The van der Waals surface area contributed by atoms with Gasteiger partial charge in [0.25, 0.3) is 5.91 Å². The van der Waals surface area contributed by atoms with Gasteiger partial charge in [0.1, 0.15) is 17.9 Å². The van der Waals surface area contributed by atoms with Crippen LogP contribution >= 0.6 is 11.6 Å². The number of hydrogen-bond acceptors (Lipinski definition) is 2. The van der Waals surface area contributed by atoms with E-state index in [1.807, 2.05) is 0 Å². The zero-order chi connectivity index (χ0) is 23.6. The van der Waals surface area contributed by atoms with E-state index in [-0.39, 0.29) is 29.2 Å². The lowest BCUT2D eigenvalue weighted by Gasteiger charge is -2.14. The van der Waals surface area contributed by atoms with E-state index in [0.29, 0.717) is 18.0 Å². The number of rotatable bonds is 5. The lowest BCUT2D eigenvalue weighted by atomic mass is 10.1. The summed E-state index contributed by atoms with van der Waals surface area (Å²) in [5, 5.41) is 0.136. The molecule has 0 saturated heterocycles. The van der Waals surface area contributed by atoms with Gasteiger partial charge < -0.3 is 4.79 Å². The van der Waals surface area contributed by atoms with Crippen LogP contribution in [-0.4, -0.2) is 21.6 Å². The summed E-state index contributed by atoms with van der Waals surface area (Å²) in [5.41, 5.74) is -2.03. The maximum absolute atomic E-state index is 14.3. The molecule has 11 heteroatoms. The maximum Gasteiger partial charge on any atom is 0.419 e. The second-order valence-corrected chi connectivity index (χ2v) is 7.14. The fourth-order valence-electron chi connectivity index (χ4n) is 3.13. The third-order valence-electron chi connectivity index (χ3n) is 4.67. The standard InChI is InChI=1S/C21H15ClF5N3O2/c1-12-10-18(28-20(32)13-4-2-5-15(19(13)24)21(25,26)27)29(8-9-31)30(12)11-14-16(22)6-3-7-17(14)23/h2-7,9-10H,8,11H2,1H3. The average molecular weight is 472 g/mol. The van der Waals surface area contributed by atoms with Crippen molar-refractivity contribution in [2.75, 3.05) is 0 Å². The fourth-order valence-corrected chi connectivity index (χ4v) is 3.35. The van der Waals surface area contributed by atoms with Gasteiger partial charge in [-0.1, -0.05) is 23.7 Å². The van der Waals surface area contributed by atoms with Crippen LogP contribution in [0.15, 0.2) is 47.5 Å². The van der Waals surface area contributed by atoms with Crippen LogP contribution in [-0.2, 0) is 24.1 Å². The number of carbonyl (C=O) groups is 2. The molecule has 3 aromatic rings. The molecule has 0 radical (unpaired) electrons. The van der Waals surface area contributed by atoms with Crippen LogP contribution in [0.4, 0.5) is 22.0 Å². The highest BCUT2D eigenvalue weighted by molar-refractivity contribution is 6.31. The summed E-state index contributed by atoms with van der Waals surface area (Å²) < 4.78 is 70.0. The van der Waals surface area contributed by atoms with Crippen LogP contribution in [0.25, 0.3) is 0 Å². The summed E-state index contributed by atoms with van der Waals surface area (Å²) in [5.74, 6) is -3.61. The lowest BCUT2D eigenvalue weighted by molar-refractivity contribution is -0.140. The van der Waals surface area contributed by atoms with Crippen molar-refractivity contribution < 1.29 is 31.5 Å². The minimum atomic E-state index is -4.99. The summed E-state index contributed by atoms with van der Waals surface area (Å²) >= 11 is 6.06. The van der Waals surface area contributed by atoms with Crippen molar-refractivity contribution in [3.05, 3.63) is 87.0 Å². The predicted octanol–water partition coefficient (Wildman–Crippen LogP) is 4.54. The van der Waals surface area contributed by atoms with Gasteiger partial charge in [0, 0.05) is 22.3 Å². The molecule has 0 atom stereocenters. The second kappa shape index (κ2) is 9.07. The Hall–Kier alpha value is -3.27. The monoisotopic (exact) mass is 471 g/mol. The van der Waals surface area contributed by atoms with E-state index in [1.165, 1.54) is 33.6 Å². The molecule has 0 bridgehead atoms. The second-order valence-electron chi connectivity index (χ2n) is 6.73. The van der Waals surface area contributed by atoms with Crippen molar-refractivity contribution in [2.24, 2.45) is 4.99 Å². The third-order valence-corrected chi connectivity index (χ3v) is 5.02. The van der Waals surface area contributed by atoms with E-state index < -0.39 is 34.8 Å². The van der Waals surface area contributed by atoms with Crippen LogP contribution in [0.1, 0.15) is 27.2 Å². The van der Waals surface area contributed by atoms with Crippen LogP contribution in [0, 0.1) is 18.6 Å². The number of alkyl halides is 3. The number of hydrogen-bond donors (Lipinski definition) is 0. The molecule has 0 N–H and O–H groups in total. The molecule has 5 nitrogen and oxygen atoms in total. The molecule has 0 fully saturated rings. The summed E-state index contributed by atoms with van der Waals surface area (Å²) in [6, 6.07) is 7.75. The molecule has 32 heavy (non-hydrogen) atoms. The minimum absolute atomic E-state index is 0.118. The highest BCUT2D eigenvalue weighted by Gasteiger charge is 2.35. The molecule has 0 saturated carbocycles. The smallest absolute Gasteiger partial charge is 0.301 e. The Balaban J connectivity index is 2.10. The van der Waals surface area contributed by atoms with Gasteiger partial charge >= 0.3 is 6.18 Å². The Morgan fingerprint density at radius 1 is 1.12 bits per heavy atom. The molecule has 0 aliphatic carbocycles. The molecule has 0 spiro atoms. The van der Waals surface area contributed by atoms with Gasteiger partial charge in [-0.25, -0.2) is 8.78 Å². The quantitative estimate of drug-likeness (QED) is 0.405. The number of benzene rings is 2. The number of carbonyl (C=O) groups excluding carboxylic acids is 2. The molecule has 2 aromatic carbocycles. The first-order valence-electron chi connectivity index (χ1n) is 9.13. The summed E-state index contributed by atoms with van der Waals surface area (Å²) in [6.45, 7) is 1.16. The van der Waals surface area contributed by atoms with E-state index >= 15 is 0 Å². The van der Waals surface area contributed by atoms with Crippen LogP contribution in [0.5, 0.6) is 0 Å². The average Bonchev–Trinajstić information content (AvgIpc) is 2.98. The number of aryl methyl sites for hydroxylation is 1. The van der Waals surface area contributed by atoms with Gasteiger partial charge in [-0.2, -0.15) is 18.2 Å². The predicted molar refractivity (Wildman–Crippen MR) is 105 cm³/mol. The largest absolute Gasteiger partial charge is 0.419 e. The summed E-state index contributed by atoms with van der Waals surface area (Å²) in [7, 11) is 0. The van der Waals surface area contributed by atoms with Crippen molar-refractivity contribution in [1.29, 1.82) is 0 Å². The highest BCUT2D eigenvalue weighted by Crippen LogP contribution is 2.32. The Kier molecular flexibility index (Phi) is 6.63. The fraction of sp³-hybridized carbons (Fsp3) is 0.190. The third kappa shape index (κ3) is 4.64. The first-order chi connectivity index (χ1) is 15.0. The van der Waals surface area contributed by atoms with E-state index in [4.69, 9.17) is 11.6 Å². The van der Waals surface area contributed by atoms with E-state index in [9.17, 15) is 31.5 Å². The number of halogens is 6. The molecule has 1 heterocycles. The first kappa shape index (κ1) is 23.4. The molecule has 168 valence electrons. The zero-order valence-corrected chi connectivity index (χ0v) is 17.2. The van der Waals surface area contributed by atoms with Crippen molar-refractivity contribution in [2.45, 2.75) is 26.2 Å². The summed E-state index contributed by atoms with van der Waals surface area (Å²) in [6.07, 6.45) is -4.50. The highest BCUT2D eigenvalue weighted by atomic mass is 35.5. The van der Waals surface area contributed by atoms with E-state index in [2.05, 4.69) is 4.99 Å². The first-order valence-corrected chi connectivity index (χ1v) is 9.51. The van der Waals surface area contributed by atoms with Gasteiger partial charge in [-0.3, -0.25) is 14.2 Å². The molecule has 3 rings (SSSR count). The zero-order valence-electron chi connectivity index (χ0n) is 16.5. The Labute approximate surface area is 183 Å². The number of aromatic nitrogens is 2. The van der Waals surface area contributed by atoms with Gasteiger partial charge in [0.05, 0.1) is 24.2 Å². The van der Waals surface area contributed by atoms with Crippen molar-refractivity contribution in [3.8, 4) is 0 Å². The van der Waals surface area contributed by atoms with Crippen LogP contribution in [0.2, 0.25) is 5.02 Å². The number of nitrogens with zero attached hydrogens (tertiary/aromatic N) is 3. The van der Waals surface area contributed by atoms with Gasteiger partial charge in [0.15, 0.2) is 5.49 Å². The Morgan fingerprint density at radius 3 is 2.44 bits per heavy atom. The Morgan fingerprint density at radius 2 is 1.81 bits per heavy atom. The van der Waals surface area contributed by atoms with Crippen molar-refractivity contribution in [1.82, 2.24) is 9.36 Å². The molecule has 1 amide bonds. The SMILES string of the molecule is Cc1cc(=NC(=O)c2cccc(C(F)(F)F)c2F)n(CC=O)n1Cc1c(F)cccc1Cl. The van der Waals surface area contributed by atoms with Crippen LogP contribution in [0.3, 0.4) is 0 Å². The molecule has 0 unspecified atom stereocenters. The van der Waals surface area contributed by atoms with Gasteiger partial charge in [-0.15, -0.1) is 0 Å². The van der Waals surface area contributed by atoms with Crippen molar-refractivity contribution in [3.63, 3.8) is 0 Å². The maximum atomic E-state index is 14.3. The Bertz CT molecular complexity index is 1240. The van der Waals surface area contributed by atoms with Gasteiger partial charge in [-0.05, 0) is 31.2 Å². The molecule has 1 aromatic heterocycles. The molecular weight excluding hydrogens is 457 g/mol. The van der Waals surface area contributed by atoms with Gasteiger partial charge in [0.2, 0.25) is 0 Å². The van der Waals surface area contributed by atoms with Crippen molar-refractivity contribution >= 4 is 23.8 Å². The summed E-state index contributed by atoms with van der Waals surface area (Å²) in [4.78, 5) is 27.4. The van der Waals surface area contributed by atoms with E-state index in [0.717, 1.165) is 12.1 Å². The van der Waals surface area contributed by atoms with E-state index in [1.54, 1.807) is 6.92 Å². The molecule has 0 aliphatic rings. The van der Waals surface area contributed by atoms with Crippen LogP contribution < -0.4 is 5.49 Å². The number of amides is 1. The molecule has 0 aliphatic heterocycles. The topological polar surface area (TPSA) is 56.4 Å². The minimum Gasteiger partial charge on any atom is -0.301 e. The number of aldehydes is 1. The lowest BCUT2D eigenvalue weighted by Crippen LogP contribution is -2.27. The molecular formula is C21H15ClF5N3O2. The normalized spacial score (nSPS) is 12.3.